The molecule has 0 N–H and O–H groups in total. The highest BCUT2D eigenvalue weighted by Crippen LogP contribution is 2.32. The molecular weight excluding hydrogens is 416 g/mol. The number of benzene rings is 1. The molecule has 0 bridgehead atoms. The lowest BCUT2D eigenvalue weighted by molar-refractivity contribution is -0.141. The van der Waals surface area contributed by atoms with Gasteiger partial charge in [-0.3, -0.25) is 4.79 Å². The van der Waals surface area contributed by atoms with Crippen LogP contribution in [-0.2, 0) is 9.53 Å². The van der Waals surface area contributed by atoms with Crippen molar-refractivity contribution in [3.63, 3.8) is 0 Å². The lowest BCUT2D eigenvalue weighted by atomic mass is 9.93. The first-order chi connectivity index (χ1) is 15.3. The van der Waals surface area contributed by atoms with Crippen LogP contribution in [0, 0.1) is 23.5 Å². The van der Waals surface area contributed by atoms with Gasteiger partial charge in [-0.2, -0.15) is 4.98 Å². The van der Waals surface area contributed by atoms with E-state index in [4.69, 9.17) is 9.47 Å². The summed E-state index contributed by atoms with van der Waals surface area (Å²) >= 11 is 0. The predicted molar refractivity (Wildman–Crippen MR) is 119 cm³/mol. The van der Waals surface area contributed by atoms with Crippen molar-refractivity contribution >= 4 is 11.7 Å². The van der Waals surface area contributed by atoms with Crippen molar-refractivity contribution in [1.82, 2.24) is 9.97 Å². The number of halogens is 2. The molecule has 8 heteroatoms. The molecule has 2 heterocycles. The summed E-state index contributed by atoms with van der Waals surface area (Å²) in [6.45, 7) is 7.60. The Hall–Kier alpha value is -2.77. The third-order valence-electron chi connectivity index (χ3n) is 5.61. The normalized spacial score (nSPS) is 14.6. The molecule has 0 unspecified atom stereocenters. The third-order valence-corrected chi connectivity index (χ3v) is 5.61. The van der Waals surface area contributed by atoms with Crippen LogP contribution in [0.4, 0.5) is 14.5 Å². The zero-order valence-electron chi connectivity index (χ0n) is 18.9. The van der Waals surface area contributed by atoms with E-state index in [-0.39, 0.29) is 23.0 Å². The van der Waals surface area contributed by atoms with Crippen LogP contribution in [0.5, 0.6) is 5.88 Å². The molecule has 1 aliphatic rings. The first-order valence-electron chi connectivity index (χ1n) is 11.2. The van der Waals surface area contributed by atoms with Gasteiger partial charge in [-0.1, -0.05) is 13.8 Å². The van der Waals surface area contributed by atoms with E-state index in [9.17, 15) is 13.6 Å². The monoisotopic (exact) mass is 447 g/mol. The lowest BCUT2D eigenvalue weighted by Crippen LogP contribution is -2.35. The molecule has 0 saturated carbocycles. The highest BCUT2D eigenvalue weighted by molar-refractivity contribution is 5.65. The van der Waals surface area contributed by atoms with Gasteiger partial charge in [0.1, 0.15) is 17.3 Å². The average molecular weight is 448 g/mol. The summed E-state index contributed by atoms with van der Waals surface area (Å²) < 4.78 is 40.5. The average Bonchev–Trinajstić information content (AvgIpc) is 2.74. The number of aromatic nitrogens is 2. The van der Waals surface area contributed by atoms with Gasteiger partial charge in [0.25, 0.3) is 0 Å². The maximum Gasteiger partial charge on any atom is 0.302 e. The standard InChI is InChI=1S/C24H31F2N3O3/c1-16(2)7-12-32-22-4-9-27-24(28-22)19-14-20(25)23(21(26)15-19)29-10-5-18(6-11-29)8-13-31-17(3)30/h4,9,14-16,18H,5-8,10-13H2,1-3H3. The van der Waals surface area contributed by atoms with Crippen LogP contribution in [0.1, 0.15) is 46.5 Å². The maximum absolute atomic E-state index is 14.9. The summed E-state index contributed by atoms with van der Waals surface area (Å²) in [6.07, 6.45) is 4.76. The molecule has 0 spiro atoms. The minimum Gasteiger partial charge on any atom is -0.478 e. The smallest absolute Gasteiger partial charge is 0.302 e. The number of nitrogens with zero attached hydrogens (tertiary/aromatic N) is 3. The van der Waals surface area contributed by atoms with Crippen LogP contribution < -0.4 is 9.64 Å². The second-order valence-electron chi connectivity index (χ2n) is 8.60. The van der Waals surface area contributed by atoms with E-state index in [1.54, 1.807) is 11.0 Å². The van der Waals surface area contributed by atoms with E-state index in [1.807, 2.05) is 0 Å². The number of hydrogen-bond donors (Lipinski definition) is 0. The first-order valence-corrected chi connectivity index (χ1v) is 11.2. The Kier molecular flexibility index (Phi) is 8.36. The SMILES string of the molecule is CC(=O)OCCC1CCN(c2c(F)cc(-c3nccc(OCCC(C)C)n3)cc2F)CC1. The molecule has 3 rings (SSSR count). The summed E-state index contributed by atoms with van der Waals surface area (Å²) in [5.41, 5.74) is 0.255. The lowest BCUT2D eigenvalue weighted by Gasteiger charge is -2.34. The first kappa shape index (κ1) is 23.9. The van der Waals surface area contributed by atoms with Crippen molar-refractivity contribution in [3.05, 3.63) is 36.0 Å². The number of esters is 1. The second kappa shape index (κ2) is 11.2. The molecule has 1 aliphatic heterocycles. The van der Waals surface area contributed by atoms with Crippen molar-refractivity contribution in [2.24, 2.45) is 11.8 Å². The van der Waals surface area contributed by atoms with Gasteiger partial charge in [-0.05, 0) is 49.7 Å². The molecule has 1 aromatic carbocycles. The zero-order valence-corrected chi connectivity index (χ0v) is 18.9. The molecule has 2 aromatic rings. The van der Waals surface area contributed by atoms with E-state index in [1.165, 1.54) is 25.3 Å². The van der Waals surface area contributed by atoms with E-state index in [0.29, 0.717) is 44.0 Å². The fourth-order valence-electron chi connectivity index (χ4n) is 3.77. The number of rotatable bonds is 9. The molecule has 0 aliphatic carbocycles. The van der Waals surface area contributed by atoms with E-state index in [0.717, 1.165) is 25.7 Å². The molecule has 0 amide bonds. The molecule has 1 aromatic heterocycles. The van der Waals surface area contributed by atoms with Crippen molar-refractivity contribution < 1.29 is 23.0 Å². The van der Waals surface area contributed by atoms with E-state index in [2.05, 4.69) is 23.8 Å². The fourth-order valence-corrected chi connectivity index (χ4v) is 3.77. The van der Waals surface area contributed by atoms with Crippen LogP contribution in [0.25, 0.3) is 11.4 Å². The van der Waals surface area contributed by atoms with Crippen molar-refractivity contribution in [3.8, 4) is 17.3 Å². The van der Waals surface area contributed by atoms with Gasteiger partial charge in [-0.15, -0.1) is 0 Å². The topological polar surface area (TPSA) is 64.5 Å². The van der Waals surface area contributed by atoms with Gasteiger partial charge in [0, 0.05) is 37.8 Å². The summed E-state index contributed by atoms with van der Waals surface area (Å²) in [7, 11) is 0. The molecule has 1 saturated heterocycles. The number of piperidine rings is 1. The molecule has 1 fully saturated rings. The Balaban J connectivity index is 1.65. The molecule has 6 nitrogen and oxygen atoms in total. The van der Waals surface area contributed by atoms with Gasteiger partial charge in [0.15, 0.2) is 5.82 Å². The maximum atomic E-state index is 14.9. The van der Waals surface area contributed by atoms with E-state index >= 15 is 0 Å². The summed E-state index contributed by atoms with van der Waals surface area (Å²) in [6, 6.07) is 4.19. The number of anilines is 1. The van der Waals surface area contributed by atoms with Crippen LogP contribution in [-0.4, -0.2) is 42.2 Å². The number of carbonyl (C=O) groups excluding carboxylic acids is 1. The predicted octanol–water partition coefficient (Wildman–Crippen LogP) is 5.02. The fraction of sp³-hybridized carbons (Fsp3) is 0.542. The third kappa shape index (κ3) is 6.61. The Morgan fingerprint density at radius 2 is 1.88 bits per heavy atom. The quantitative estimate of drug-likeness (QED) is 0.503. The largest absolute Gasteiger partial charge is 0.478 e. The van der Waals surface area contributed by atoms with Crippen LogP contribution in [0.3, 0.4) is 0 Å². The highest BCUT2D eigenvalue weighted by atomic mass is 19.1. The number of hydrogen-bond acceptors (Lipinski definition) is 6. The van der Waals surface area contributed by atoms with Gasteiger partial charge in [-0.25, -0.2) is 13.8 Å². The van der Waals surface area contributed by atoms with Crippen molar-refractivity contribution in [2.45, 2.75) is 46.5 Å². The Morgan fingerprint density at radius 1 is 1.19 bits per heavy atom. The summed E-state index contributed by atoms with van der Waals surface area (Å²) in [5.74, 6) is -0.0600. The molecule has 174 valence electrons. The zero-order chi connectivity index (χ0) is 23.1. The number of ether oxygens (including phenoxy) is 2. The molecule has 0 atom stereocenters. The molecule has 32 heavy (non-hydrogen) atoms. The van der Waals surface area contributed by atoms with Crippen LogP contribution in [0.2, 0.25) is 0 Å². The number of carbonyl (C=O) groups is 1. The van der Waals surface area contributed by atoms with E-state index < -0.39 is 11.6 Å². The second-order valence-corrected chi connectivity index (χ2v) is 8.60. The Morgan fingerprint density at radius 3 is 2.50 bits per heavy atom. The minimum atomic E-state index is -0.631. The summed E-state index contributed by atoms with van der Waals surface area (Å²) in [5, 5.41) is 0. The molecule has 0 radical (unpaired) electrons. The van der Waals surface area contributed by atoms with Gasteiger partial charge < -0.3 is 14.4 Å². The van der Waals surface area contributed by atoms with Gasteiger partial charge >= 0.3 is 5.97 Å². The van der Waals surface area contributed by atoms with Crippen molar-refractivity contribution in [2.75, 3.05) is 31.2 Å². The Labute approximate surface area is 188 Å². The summed E-state index contributed by atoms with van der Waals surface area (Å²) in [4.78, 5) is 21.1. The van der Waals surface area contributed by atoms with Crippen molar-refractivity contribution in [1.29, 1.82) is 0 Å². The minimum absolute atomic E-state index is 0.0171. The Bertz CT molecular complexity index is 892. The van der Waals surface area contributed by atoms with Crippen LogP contribution in [0.15, 0.2) is 24.4 Å². The van der Waals surface area contributed by atoms with Gasteiger partial charge in [0.05, 0.1) is 13.2 Å². The van der Waals surface area contributed by atoms with Crippen LogP contribution >= 0.6 is 0 Å². The van der Waals surface area contributed by atoms with Gasteiger partial charge in [0.2, 0.25) is 5.88 Å². The highest BCUT2D eigenvalue weighted by Gasteiger charge is 2.25. The molecular formula is C24H31F2N3O3.